The van der Waals surface area contributed by atoms with E-state index < -0.39 is 10.0 Å². The van der Waals surface area contributed by atoms with Gasteiger partial charge in [-0.3, -0.25) is 10.1 Å². The first-order valence-corrected chi connectivity index (χ1v) is 9.82. The maximum absolute atomic E-state index is 12.6. The normalized spacial score (nSPS) is 11.7. The van der Waals surface area contributed by atoms with Crippen LogP contribution in [0.25, 0.3) is 0 Å². The molecule has 136 valence electrons. The molecule has 2 heterocycles. The van der Waals surface area contributed by atoms with Crippen molar-refractivity contribution in [3.05, 3.63) is 59.5 Å². The summed E-state index contributed by atoms with van der Waals surface area (Å²) in [7, 11) is -2.41. The summed E-state index contributed by atoms with van der Waals surface area (Å²) in [5.74, 6) is 0.131. The molecule has 0 aliphatic heterocycles. The fraction of sp³-hybridized carbons (Fsp3) is 0.188. The number of carbonyl (C=O) groups excluding carboxylic acids is 1. The van der Waals surface area contributed by atoms with Crippen molar-refractivity contribution in [3.63, 3.8) is 0 Å². The van der Waals surface area contributed by atoms with Crippen molar-refractivity contribution in [1.82, 2.24) is 14.5 Å². The zero-order valence-corrected chi connectivity index (χ0v) is 15.7. The third-order valence-corrected chi connectivity index (χ3v) is 6.48. The van der Waals surface area contributed by atoms with Crippen LogP contribution in [0.4, 0.5) is 5.13 Å². The molecule has 0 fully saturated rings. The summed E-state index contributed by atoms with van der Waals surface area (Å²) < 4.78 is 31.2. The second-order valence-electron chi connectivity index (χ2n) is 5.54. The van der Waals surface area contributed by atoms with Crippen LogP contribution in [0.2, 0.25) is 0 Å². The Bertz CT molecular complexity index is 1010. The number of nitrogens with zero attached hydrogens (tertiary/aromatic N) is 3. The third kappa shape index (κ3) is 3.98. The summed E-state index contributed by atoms with van der Waals surface area (Å²) in [6, 6.07) is 10.4. The largest absolute Gasteiger partial charge is 0.468 e. The smallest absolute Gasteiger partial charge is 0.272 e. The Morgan fingerprint density at radius 2 is 2.08 bits per heavy atom. The van der Waals surface area contributed by atoms with Gasteiger partial charge < -0.3 is 4.42 Å². The summed E-state index contributed by atoms with van der Waals surface area (Å²) in [6.45, 7) is 1.95. The molecular weight excluding hydrogens is 376 g/mol. The number of amides is 1. The van der Waals surface area contributed by atoms with Crippen LogP contribution in [-0.2, 0) is 16.6 Å². The number of benzene rings is 1. The molecule has 2 aromatic heterocycles. The standard InChI is InChI=1S/C16H16N4O4S2/c1-11-5-3-6-12(9-11)14(21)17-15-18-19-16(25-15)26(22,23)20(2)10-13-7-4-8-24-13/h3-9H,10H2,1-2H3,(H,17,18,21). The molecule has 8 nitrogen and oxygen atoms in total. The first kappa shape index (κ1) is 18.2. The second-order valence-corrected chi connectivity index (χ2v) is 8.73. The third-order valence-electron chi connectivity index (χ3n) is 3.50. The van der Waals surface area contributed by atoms with E-state index >= 15 is 0 Å². The van der Waals surface area contributed by atoms with Crippen LogP contribution in [0.1, 0.15) is 21.7 Å². The van der Waals surface area contributed by atoms with Gasteiger partial charge in [0, 0.05) is 12.6 Å². The highest BCUT2D eigenvalue weighted by Crippen LogP contribution is 2.24. The zero-order valence-electron chi connectivity index (χ0n) is 14.0. The molecule has 0 saturated heterocycles. The van der Waals surface area contributed by atoms with E-state index in [-0.39, 0.29) is 21.9 Å². The van der Waals surface area contributed by atoms with Gasteiger partial charge in [-0.15, -0.1) is 10.2 Å². The van der Waals surface area contributed by atoms with E-state index in [1.54, 1.807) is 30.3 Å². The van der Waals surface area contributed by atoms with Crippen LogP contribution in [0.5, 0.6) is 0 Å². The maximum Gasteiger partial charge on any atom is 0.272 e. The van der Waals surface area contributed by atoms with Crippen molar-refractivity contribution in [2.75, 3.05) is 12.4 Å². The molecule has 26 heavy (non-hydrogen) atoms. The molecule has 0 bridgehead atoms. The van der Waals surface area contributed by atoms with E-state index in [2.05, 4.69) is 15.5 Å². The van der Waals surface area contributed by atoms with Gasteiger partial charge in [0.1, 0.15) is 5.76 Å². The lowest BCUT2D eigenvalue weighted by molar-refractivity contribution is 0.102. The highest BCUT2D eigenvalue weighted by molar-refractivity contribution is 7.91. The van der Waals surface area contributed by atoms with Gasteiger partial charge >= 0.3 is 0 Å². The Morgan fingerprint density at radius 3 is 2.77 bits per heavy atom. The number of anilines is 1. The Kier molecular flexibility index (Phi) is 5.16. The summed E-state index contributed by atoms with van der Waals surface area (Å²) >= 11 is 0.794. The number of nitrogens with one attached hydrogen (secondary N) is 1. The van der Waals surface area contributed by atoms with Gasteiger partial charge in [-0.2, -0.15) is 4.31 Å². The second kappa shape index (κ2) is 7.36. The number of furan rings is 1. The predicted octanol–water partition coefficient (Wildman–Crippen LogP) is 2.51. The minimum atomic E-state index is -3.83. The first-order chi connectivity index (χ1) is 12.4. The molecule has 1 aromatic carbocycles. The van der Waals surface area contributed by atoms with Gasteiger partial charge in [-0.05, 0) is 31.2 Å². The van der Waals surface area contributed by atoms with E-state index in [0.29, 0.717) is 11.3 Å². The van der Waals surface area contributed by atoms with Crippen molar-refractivity contribution in [3.8, 4) is 0 Å². The van der Waals surface area contributed by atoms with Crippen LogP contribution in [0.15, 0.2) is 51.4 Å². The lowest BCUT2D eigenvalue weighted by Gasteiger charge is -2.12. The fourth-order valence-electron chi connectivity index (χ4n) is 2.16. The molecule has 0 aliphatic rings. The average Bonchev–Trinajstić information content (AvgIpc) is 3.27. The Labute approximate surface area is 154 Å². The lowest BCUT2D eigenvalue weighted by atomic mass is 10.1. The lowest BCUT2D eigenvalue weighted by Crippen LogP contribution is -2.26. The van der Waals surface area contributed by atoms with Crippen LogP contribution in [0.3, 0.4) is 0 Å². The molecule has 0 radical (unpaired) electrons. The summed E-state index contributed by atoms with van der Waals surface area (Å²) in [4.78, 5) is 12.2. The molecule has 1 amide bonds. The van der Waals surface area contributed by atoms with E-state index in [1.165, 1.54) is 13.3 Å². The number of aryl methyl sites for hydroxylation is 1. The number of sulfonamides is 1. The Balaban J connectivity index is 1.73. The van der Waals surface area contributed by atoms with E-state index in [9.17, 15) is 13.2 Å². The molecule has 0 aliphatic carbocycles. The predicted molar refractivity (Wildman–Crippen MR) is 96.4 cm³/mol. The number of hydrogen-bond acceptors (Lipinski definition) is 7. The molecule has 0 unspecified atom stereocenters. The van der Waals surface area contributed by atoms with E-state index in [0.717, 1.165) is 21.2 Å². The quantitative estimate of drug-likeness (QED) is 0.646. The van der Waals surface area contributed by atoms with E-state index in [1.807, 2.05) is 13.0 Å². The summed E-state index contributed by atoms with van der Waals surface area (Å²) in [5.41, 5.74) is 1.40. The van der Waals surface area contributed by atoms with Crippen molar-refractivity contribution in [1.29, 1.82) is 0 Å². The van der Waals surface area contributed by atoms with Gasteiger partial charge in [0.25, 0.3) is 15.9 Å². The van der Waals surface area contributed by atoms with Crippen molar-refractivity contribution in [2.24, 2.45) is 0 Å². The molecule has 0 atom stereocenters. The maximum atomic E-state index is 12.6. The molecule has 3 rings (SSSR count). The highest BCUT2D eigenvalue weighted by atomic mass is 32.2. The summed E-state index contributed by atoms with van der Waals surface area (Å²) in [6.07, 6.45) is 1.47. The minimum Gasteiger partial charge on any atom is -0.468 e. The van der Waals surface area contributed by atoms with Crippen molar-refractivity contribution in [2.45, 2.75) is 17.8 Å². The fourth-order valence-corrected chi connectivity index (χ4v) is 4.38. The van der Waals surface area contributed by atoms with Crippen LogP contribution < -0.4 is 5.32 Å². The minimum absolute atomic E-state index is 0.0693. The number of hydrogen-bond donors (Lipinski definition) is 1. The van der Waals surface area contributed by atoms with Crippen LogP contribution in [0, 0.1) is 6.92 Å². The molecule has 0 saturated carbocycles. The SMILES string of the molecule is Cc1cccc(C(=O)Nc2nnc(S(=O)(=O)N(C)Cc3ccco3)s2)c1. The Morgan fingerprint density at radius 1 is 1.27 bits per heavy atom. The van der Waals surface area contributed by atoms with Crippen molar-refractivity contribution < 1.29 is 17.6 Å². The molecule has 10 heteroatoms. The average molecular weight is 392 g/mol. The van der Waals surface area contributed by atoms with Gasteiger partial charge in [-0.25, -0.2) is 8.42 Å². The van der Waals surface area contributed by atoms with E-state index in [4.69, 9.17) is 4.42 Å². The topological polar surface area (TPSA) is 105 Å². The van der Waals surface area contributed by atoms with Gasteiger partial charge in [0.2, 0.25) is 9.47 Å². The molecule has 0 spiro atoms. The van der Waals surface area contributed by atoms with Crippen LogP contribution in [-0.4, -0.2) is 35.9 Å². The number of rotatable bonds is 6. The molecular formula is C16H16N4O4S2. The number of aromatic nitrogens is 2. The van der Waals surface area contributed by atoms with Gasteiger partial charge in [0.05, 0.1) is 12.8 Å². The Hall–Kier alpha value is -2.56. The molecule has 1 N–H and O–H groups in total. The zero-order chi connectivity index (χ0) is 18.7. The van der Waals surface area contributed by atoms with Gasteiger partial charge in [0.15, 0.2) is 0 Å². The molecule has 3 aromatic rings. The van der Waals surface area contributed by atoms with Crippen LogP contribution >= 0.6 is 11.3 Å². The summed E-state index contributed by atoms with van der Waals surface area (Å²) in [5, 5.41) is 10.1. The first-order valence-electron chi connectivity index (χ1n) is 7.56. The van der Waals surface area contributed by atoms with Gasteiger partial charge in [-0.1, -0.05) is 29.0 Å². The van der Waals surface area contributed by atoms with Crippen molar-refractivity contribution >= 4 is 32.4 Å². The monoisotopic (exact) mass is 392 g/mol. The highest BCUT2D eigenvalue weighted by Gasteiger charge is 2.27. The number of carbonyl (C=O) groups is 1.